The van der Waals surface area contributed by atoms with E-state index in [1.165, 1.54) is 11.8 Å². The van der Waals surface area contributed by atoms with E-state index in [4.69, 9.17) is 9.63 Å². The predicted octanol–water partition coefficient (Wildman–Crippen LogP) is 1.70. The number of para-hydroxylation sites is 1. The first-order valence-electron chi connectivity index (χ1n) is 6.93. The summed E-state index contributed by atoms with van der Waals surface area (Å²) in [4.78, 5) is 15.4. The molecule has 1 saturated heterocycles. The van der Waals surface area contributed by atoms with Crippen LogP contribution in [0.5, 0.6) is 0 Å². The van der Waals surface area contributed by atoms with Gasteiger partial charge in [0.2, 0.25) is 0 Å². The molecule has 2 aromatic rings. The summed E-state index contributed by atoms with van der Waals surface area (Å²) in [5, 5.41) is 12.4. The molecule has 0 unspecified atom stereocenters. The van der Waals surface area contributed by atoms with Crippen LogP contribution in [0.15, 0.2) is 40.9 Å². The molecule has 0 radical (unpaired) electrons. The molecule has 1 fully saturated rings. The van der Waals surface area contributed by atoms with E-state index in [1.54, 1.807) is 0 Å². The minimum atomic E-state index is -1.06. The van der Waals surface area contributed by atoms with Crippen LogP contribution in [0, 0.1) is 0 Å². The average Bonchev–Trinajstić information content (AvgIpc) is 2.98. The Bertz CT molecular complexity index is 604. The lowest BCUT2D eigenvalue weighted by Gasteiger charge is -2.35. The van der Waals surface area contributed by atoms with Crippen molar-refractivity contribution in [2.45, 2.75) is 6.54 Å². The smallest absolute Gasteiger partial charge is 0.358 e. The van der Waals surface area contributed by atoms with Gasteiger partial charge in [-0.15, -0.1) is 0 Å². The van der Waals surface area contributed by atoms with E-state index in [9.17, 15) is 4.79 Å². The zero-order chi connectivity index (χ0) is 14.7. The molecular weight excluding hydrogens is 270 g/mol. The number of piperazine rings is 1. The molecule has 3 rings (SSSR count). The van der Waals surface area contributed by atoms with Crippen LogP contribution in [-0.2, 0) is 6.54 Å². The van der Waals surface area contributed by atoms with Crippen molar-refractivity contribution in [1.29, 1.82) is 0 Å². The van der Waals surface area contributed by atoms with Crippen molar-refractivity contribution in [1.82, 2.24) is 10.1 Å². The van der Waals surface area contributed by atoms with Gasteiger partial charge in [-0.2, -0.15) is 0 Å². The highest BCUT2D eigenvalue weighted by Gasteiger charge is 2.19. The standard InChI is InChI=1S/C15H17N3O3/c19-15(20)14-10-13(21-16-14)11-17-6-8-18(9-7-17)12-4-2-1-3-5-12/h1-5,10H,6-9,11H2,(H,19,20). The predicted molar refractivity (Wildman–Crippen MR) is 77.4 cm³/mol. The Labute approximate surface area is 122 Å². The second kappa shape index (κ2) is 5.97. The Morgan fingerprint density at radius 2 is 1.90 bits per heavy atom. The van der Waals surface area contributed by atoms with Crippen molar-refractivity contribution < 1.29 is 14.4 Å². The topological polar surface area (TPSA) is 69.8 Å². The largest absolute Gasteiger partial charge is 0.476 e. The maximum absolute atomic E-state index is 10.8. The van der Waals surface area contributed by atoms with Crippen molar-refractivity contribution >= 4 is 11.7 Å². The number of nitrogens with zero attached hydrogens (tertiary/aromatic N) is 3. The lowest BCUT2D eigenvalue weighted by Crippen LogP contribution is -2.45. The minimum Gasteiger partial charge on any atom is -0.476 e. The summed E-state index contributed by atoms with van der Waals surface area (Å²) in [6.45, 7) is 4.33. The second-order valence-electron chi connectivity index (χ2n) is 5.08. The molecular formula is C15H17N3O3. The Kier molecular flexibility index (Phi) is 3.87. The summed E-state index contributed by atoms with van der Waals surface area (Å²) < 4.78 is 5.05. The fraction of sp³-hybridized carbons (Fsp3) is 0.333. The van der Waals surface area contributed by atoms with E-state index in [2.05, 4.69) is 27.1 Å². The molecule has 2 heterocycles. The monoisotopic (exact) mass is 287 g/mol. The number of hydrogen-bond donors (Lipinski definition) is 1. The van der Waals surface area contributed by atoms with Crippen LogP contribution in [0.1, 0.15) is 16.2 Å². The van der Waals surface area contributed by atoms with E-state index < -0.39 is 5.97 Å². The number of aromatic nitrogens is 1. The molecule has 1 aromatic carbocycles. The highest BCUT2D eigenvalue weighted by atomic mass is 16.5. The van der Waals surface area contributed by atoms with Crippen LogP contribution in [0.3, 0.4) is 0 Å². The van der Waals surface area contributed by atoms with Gasteiger partial charge in [-0.25, -0.2) is 4.79 Å². The van der Waals surface area contributed by atoms with E-state index in [-0.39, 0.29) is 5.69 Å². The van der Waals surface area contributed by atoms with Crippen LogP contribution in [0.2, 0.25) is 0 Å². The number of carboxylic acids is 1. The fourth-order valence-corrected chi connectivity index (χ4v) is 2.51. The molecule has 21 heavy (non-hydrogen) atoms. The number of aromatic carboxylic acids is 1. The van der Waals surface area contributed by atoms with Gasteiger partial charge in [-0.3, -0.25) is 4.90 Å². The lowest BCUT2D eigenvalue weighted by atomic mass is 10.2. The van der Waals surface area contributed by atoms with E-state index in [0.717, 1.165) is 26.2 Å². The molecule has 0 bridgehead atoms. The molecule has 0 aliphatic carbocycles. The van der Waals surface area contributed by atoms with Crippen molar-refractivity contribution in [3.63, 3.8) is 0 Å². The third-order valence-electron chi connectivity index (χ3n) is 3.65. The number of carbonyl (C=O) groups is 1. The molecule has 6 heteroatoms. The van der Waals surface area contributed by atoms with Crippen LogP contribution < -0.4 is 4.90 Å². The lowest BCUT2D eigenvalue weighted by molar-refractivity contribution is 0.0685. The van der Waals surface area contributed by atoms with Gasteiger partial charge in [-0.1, -0.05) is 23.4 Å². The molecule has 1 aliphatic heterocycles. The molecule has 0 saturated carbocycles. The summed E-state index contributed by atoms with van der Waals surface area (Å²) in [5.41, 5.74) is 1.21. The summed E-state index contributed by atoms with van der Waals surface area (Å²) in [6, 6.07) is 11.8. The van der Waals surface area contributed by atoms with Crippen LogP contribution in [-0.4, -0.2) is 47.3 Å². The SMILES string of the molecule is O=C(O)c1cc(CN2CCN(c3ccccc3)CC2)on1. The Balaban J connectivity index is 1.55. The van der Waals surface area contributed by atoms with Crippen LogP contribution in [0.4, 0.5) is 5.69 Å². The van der Waals surface area contributed by atoms with Crippen LogP contribution in [0.25, 0.3) is 0 Å². The summed E-state index contributed by atoms with van der Waals surface area (Å²) in [6.07, 6.45) is 0. The maximum atomic E-state index is 10.8. The van der Waals surface area contributed by atoms with Gasteiger partial charge in [0.25, 0.3) is 0 Å². The Morgan fingerprint density at radius 3 is 2.52 bits per heavy atom. The summed E-state index contributed by atoms with van der Waals surface area (Å²) >= 11 is 0. The van der Waals surface area contributed by atoms with E-state index in [1.807, 2.05) is 18.2 Å². The molecule has 1 N–H and O–H groups in total. The Hall–Kier alpha value is -2.34. The van der Waals surface area contributed by atoms with Gasteiger partial charge >= 0.3 is 5.97 Å². The minimum absolute atomic E-state index is 0.0343. The van der Waals surface area contributed by atoms with E-state index in [0.29, 0.717) is 12.3 Å². The first-order valence-corrected chi connectivity index (χ1v) is 6.93. The summed E-state index contributed by atoms with van der Waals surface area (Å²) in [7, 11) is 0. The van der Waals surface area contributed by atoms with E-state index >= 15 is 0 Å². The van der Waals surface area contributed by atoms with Gasteiger partial charge in [-0.05, 0) is 12.1 Å². The molecule has 110 valence electrons. The molecule has 0 atom stereocenters. The van der Waals surface area contributed by atoms with Crippen molar-refractivity contribution in [3.05, 3.63) is 47.9 Å². The third kappa shape index (κ3) is 3.22. The van der Waals surface area contributed by atoms with Gasteiger partial charge in [0, 0.05) is 37.9 Å². The highest BCUT2D eigenvalue weighted by Crippen LogP contribution is 2.17. The van der Waals surface area contributed by atoms with Gasteiger partial charge in [0.1, 0.15) is 0 Å². The van der Waals surface area contributed by atoms with Crippen molar-refractivity contribution in [2.24, 2.45) is 0 Å². The number of anilines is 1. The van der Waals surface area contributed by atoms with Gasteiger partial charge in [0.05, 0.1) is 6.54 Å². The number of hydrogen-bond acceptors (Lipinski definition) is 5. The van der Waals surface area contributed by atoms with Crippen molar-refractivity contribution in [3.8, 4) is 0 Å². The molecule has 1 aromatic heterocycles. The normalized spacial score (nSPS) is 16.1. The number of benzene rings is 1. The first-order chi connectivity index (χ1) is 10.2. The number of carboxylic acid groups (broad SMARTS) is 1. The first kappa shape index (κ1) is 13.6. The molecule has 0 amide bonds. The quantitative estimate of drug-likeness (QED) is 0.923. The third-order valence-corrected chi connectivity index (χ3v) is 3.65. The maximum Gasteiger partial charge on any atom is 0.358 e. The van der Waals surface area contributed by atoms with Gasteiger partial charge < -0.3 is 14.5 Å². The fourth-order valence-electron chi connectivity index (χ4n) is 2.51. The molecule has 1 aliphatic rings. The Morgan fingerprint density at radius 1 is 1.19 bits per heavy atom. The molecule has 0 spiro atoms. The molecule has 6 nitrogen and oxygen atoms in total. The average molecular weight is 287 g/mol. The number of rotatable bonds is 4. The second-order valence-corrected chi connectivity index (χ2v) is 5.08. The van der Waals surface area contributed by atoms with Gasteiger partial charge in [0.15, 0.2) is 11.5 Å². The highest BCUT2D eigenvalue weighted by molar-refractivity contribution is 5.85. The van der Waals surface area contributed by atoms with Crippen LogP contribution >= 0.6 is 0 Å². The summed E-state index contributed by atoms with van der Waals surface area (Å²) in [5.74, 6) is -0.459. The zero-order valence-corrected chi connectivity index (χ0v) is 11.6. The zero-order valence-electron chi connectivity index (χ0n) is 11.6. The van der Waals surface area contributed by atoms with Crippen molar-refractivity contribution in [2.75, 3.05) is 31.1 Å².